The molecule has 2 N–H and O–H groups in total. The lowest BCUT2D eigenvalue weighted by atomic mass is 9.96. The van der Waals surface area contributed by atoms with E-state index in [1.807, 2.05) is 13.0 Å². The maximum atomic E-state index is 5.52. The third kappa shape index (κ3) is 4.81. The lowest BCUT2D eigenvalue weighted by Gasteiger charge is -2.23. The van der Waals surface area contributed by atoms with Crippen LogP contribution in [0.4, 0.5) is 17.6 Å². The Morgan fingerprint density at radius 1 is 1.04 bits per heavy atom. The Hall–Kier alpha value is -2.37. The molecule has 1 saturated carbocycles. The summed E-state index contributed by atoms with van der Waals surface area (Å²) in [7, 11) is 0. The minimum absolute atomic E-state index is 0.350. The molecule has 1 fully saturated rings. The maximum absolute atomic E-state index is 5.52. The van der Waals surface area contributed by atoms with Gasteiger partial charge in [-0.15, -0.1) is 0 Å². The average Bonchev–Trinajstić information content (AvgIpc) is 2.58. The van der Waals surface area contributed by atoms with E-state index in [9.17, 15) is 0 Å². The zero-order valence-corrected chi connectivity index (χ0v) is 15.3. The number of aromatic nitrogens is 3. The molecule has 6 heteroatoms. The third-order valence-electron chi connectivity index (χ3n) is 4.46. The van der Waals surface area contributed by atoms with Crippen molar-refractivity contribution >= 4 is 17.6 Å². The second-order valence-corrected chi connectivity index (χ2v) is 6.62. The molecule has 25 heavy (non-hydrogen) atoms. The van der Waals surface area contributed by atoms with Crippen LogP contribution in [0.1, 0.15) is 50.2 Å². The van der Waals surface area contributed by atoms with Gasteiger partial charge in [0.05, 0.1) is 6.61 Å². The van der Waals surface area contributed by atoms with Gasteiger partial charge in [0.15, 0.2) is 0 Å². The highest BCUT2D eigenvalue weighted by Crippen LogP contribution is 2.23. The monoisotopic (exact) mass is 341 g/mol. The van der Waals surface area contributed by atoms with E-state index in [-0.39, 0.29) is 0 Å². The molecule has 0 radical (unpaired) electrons. The van der Waals surface area contributed by atoms with Crippen molar-refractivity contribution in [3.8, 4) is 6.01 Å². The van der Waals surface area contributed by atoms with Gasteiger partial charge in [0.1, 0.15) is 0 Å². The molecular weight excluding hydrogens is 314 g/mol. The predicted octanol–water partition coefficient (Wildman–Crippen LogP) is 4.38. The van der Waals surface area contributed by atoms with E-state index in [0.29, 0.717) is 30.6 Å². The van der Waals surface area contributed by atoms with Crippen molar-refractivity contribution in [2.75, 3.05) is 17.2 Å². The van der Waals surface area contributed by atoms with Gasteiger partial charge in [0.25, 0.3) is 0 Å². The molecule has 0 unspecified atom stereocenters. The second kappa shape index (κ2) is 8.14. The van der Waals surface area contributed by atoms with Crippen LogP contribution in [-0.2, 0) is 0 Å². The van der Waals surface area contributed by atoms with Gasteiger partial charge in [-0.2, -0.15) is 15.0 Å². The highest BCUT2D eigenvalue weighted by Gasteiger charge is 2.16. The largest absolute Gasteiger partial charge is 0.464 e. The Kier molecular flexibility index (Phi) is 5.68. The smallest absolute Gasteiger partial charge is 0.323 e. The molecule has 1 aromatic carbocycles. The van der Waals surface area contributed by atoms with E-state index in [1.54, 1.807) is 0 Å². The average molecular weight is 341 g/mol. The van der Waals surface area contributed by atoms with Crippen molar-refractivity contribution in [2.24, 2.45) is 0 Å². The fourth-order valence-corrected chi connectivity index (χ4v) is 3.17. The van der Waals surface area contributed by atoms with Crippen molar-refractivity contribution in [1.29, 1.82) is 0 Å². The van der Waals surface area contributed by atoms with E-state index >= 15 is 0 Å². The van der Waals surface area contributed by atoms with Crippen molar-refractivity contribution in [3.63, 3.8) is 0 Å². The molecule has 0 atom stereocenters. The number of aryl methyl sites for hydroxylation is 2. The zero-order valence-electron chi connectivity index (χ0n) is 15.3. The first-order valence-electron chi connectivity index (χ1n) is 9.13. The molecule has 1 aliphatic carbocycles. The van der Waals surface area contributed by atoms with Crippen molar-refractivity contribution in [1.82, 2.24) is 15.0 Å². The number of nitrogens with one attached hydrogen (secondary N) is 2. The highest BCUT2D eigenvalue weighted by molar-refractivity contribution is 5.59. The molecule has 2 aromatic rings. The number of anilines is 3. The Morgan fingerprint density at radius 2 is 1.80 bits per heavy atom. The Balaban J connectivity index is 1.81. The van der Waals surface area contributed by atoms with Gasteiger partial charge < -0.3 is 15.4 Å². The molecule has 1 aromatic heterocycles. The van der Waals surface area contributed by atoms with Crippen molar-refractivity contribution in [3.05, 3.63) is 29.3 Å². The number of ether oxygens (including phenoxy) is 1. The molecule has 6 nitrogen and oxygen atoms in total. The number of benzene rings is 1. The summed E-state index contributed by atoms with van der Waals surface area (Å²) in [5.41, 5.74) is 3.37. The minimum atomic E-state index is 0.350. The normalized spacial score (nSPS) is 15.0. The molecule has 0 saturated heterocycles. The van der Waals surface area contributed by atoms with Crippen LogP contribution in [0.25, 0.3) is 0 Å². The summed E-state index contributed by atoms with van der Waals surface area (Å²) in [6.07, 6.45) is 6.16. The van der Waals surface area contributed by atoms with Crippen LogP contribution in [-0.4, -0.2) is 27.6 Å². The van der Waals surface area contributed by atoms with Crippen molar-refractivity contribution in [2.45, 2.75) is 58.9 Å². The quantitative estimate of drug-likeness (QED) is 0.812. The Morgan fingerprint density at radius 3 is 2.52 bits per heavy atom. The molecule has 0 amide bonds. The second-order valence-electron chi connectivity index (χ2n) is 6.62. The molecule has 0 spiro atoms. The number of rotatable bonds is 6. The van der Waals surface area contributed by atoms with E-state index in [2.05, 4.69) is 51.6 Å². The molecule has 134 valence electrons. The molecule has 1 heterocycles. The van der Waals surface area contributed by atoms with E-state index in [1.165, 1.54) is 24.8 Å². The van der Waals surface area contributed by atoms with Crippen LogP contribution in [0.3, 0.4) is 0 Å². The molecule has 0 aliphatic heterocycles. The van der Waals surface area contributed by atoms with Gasteiger partial charge in [-0.3, -0.25) is 0 Å². The van der Waals surface area contributed by atoms with Gasteiger partial charge in [-0.1, -0.05) is 37.0 Å². The third-order valence-corrected chi connectivity index (χ3v) is 4.46. The molecular formula is C19H27N5O. The predicted molar refractivity (Wildman–Crippen MR) is 101 cm³/mol. The van der Waals surface area contributed by atoms with E-state index in [0.717, 1.165) is 24.1 Å². The first-order valence-corrected chi connectivity index (χ1v) is 9.13. The summed E-state index contributed by atoms with van der Waals surface area (Å²) in [5.74, 6) is 1.08. The zero-order chi connectivity index (χ0) is 17.6. The molecule has 0 bridgehead atoms. The maximum Gasteiger partial charge on any atom is 0.323 e. The summed E-state index contributed by atoms with van der Waals surface area (Å²) in [4.78, 5) is 13.3. The van der Waals surface area contributed by atoms with Gasteiger partial charge >= 0.3 is 6.01 Å². The summed E-state index contributed by atoms with van der Waals surface area (Å²) in [6, 6.07) is 7.03. The van der Waals surface area contributed by atoms with Crippen LogP contribution >= 0.6 is 0 Å². The Bertz CT molecular complexity index is 713. The first kappa shape index (κ1) is 17.5. The van der Waals surface area contributed by atoms with Crippen molar-refractivity contribution < 1.29 is 4.74 Å². The SMILES string of the molecule is CCOc1nc(Nc2ccc(C)cc2C)nc(NC2CCCCC2)n1. The standard InChI is InChI=1S/C19H27N5O/c1-4-25-19-23-17(20-15-8-6-5-7-9-15)22-18(24-19)21-16-11-10-13(2)12-14(16)3/h10-12,15H,4-9H2,1-3H3,(H2,20,21,22,23,24). The summed E-state index contributed by atoms with van der Waals surface area (Å²) in [5, 5.41) is 6.74. The number of hydrogen-bond acceptors (Lipinski definition) is 6. The topological polar surface area (TPSA) is 72.0 Å². The summed E-state index contributed by atoms with van der Waals surface area (Å²) in [6.45, 7) is 6.60. The van der Waals surface area contributed by atoms with Crippen LogP contribution in [0.15, 0.2) is 18.2 Å². The number of hydrogen-bond donors (Lipinski definition) is 2. The van der Waals surface area contributed by atoms with Gasteiger partial charge in [0, 0.05) is 11.7 Å². The summed E-state index contributed by atoms with van der Waals surface area (Å²) >= 11 is 0. The van der Waals surface area contributed by atoms with Crippen LogP contribution in [0.2, 0.25) is 0 Å². The lowest BCUT2D eigenvalue weighted by Crippen LogP contribution is -2.24. The van der Waals surface area contributed by atoms with Crippen LogP contribution in [0, 0.1) is 13.8 Å². The molecule has 1 aliphatic rings. The Labute approximate surface area is 149 Å². The molecule has 3 rings (SSSR count). The van der Waals surface area contributed by atoms with Gasteiger partial charge in [0.2, 0.25) is 11.9 Å². The highest BCUT2D eigenvalue weighted by atomic mass is 16.5. The van der Waals surface area contributed by atoms with E-state index in [4.69, 9.17) is 4.74 Å². The first-order chi connectivity index (χ1) is 12.1. The lowest BCUT2D eigenvalue weighted by molar-refractivity contribution is 0.312. The minimum Gasteiger partial charge on any atom is -0.464 e. The van der Waals surface area contributed by atoms with Crippen LogP contribution in [0.5, 0.6) is 6.01 Å². The van der Waals surface area contributed by atoms with Gasteiger partial charge in [-0.25, -0.2) is 0 Å². The summed E-state index contributed by atoms with van der Waals surface area (Å²) < 4.78 is 5.52. The van der Waals surface area contributed by atoms with Gasteiger partial charge in [-0.05, 0) is 45.2 Å². The fraction of sp³-hybridized carbons (Fsp3) is 0.526. The number of nitrogens with zero attached hydrogens (tertiary/aromatic N) is 3. The van der Waals surface area contributed by atoms with Crippen LogP contribution < -0.4 is 15.4 Å². The fourth-order valence-electron chi connectivity index (χ4n) is 3.17. The van der Waals surface area contributed by atoms with E-state index < -0.39 is 0 Å².